The zero-order valence-corrected chi connectivity index (χ0v) is 6.24. The molecule has 0 bridgehead atoms. The predicted octanol–water partition coefficient (Wildman–Crippen LogP) is -0.00190. The fraction of sp³-hybridized carbons (Fsp3) is 0.500. The average molecular weight is 183 g/mol. The van der Waals surface area contributed by atoms with Gasteiger partial charge in [0.1, 0.15) is 10.9 Å². The Morgan fingerprint density at radius 3 is 2.40 bits per heavy atom. The van der Waals surface area contributed by atoms with Gasteiger partial charge in [0.25, 0.3) is 0 Å². The molecule has 0 saturated carbocycles. The van der Waals surface area contributed by atoms with Crippen LogP contribution in [0.15, 0.2) is 0 Å². The molecule has 1 aliphatic rings. The van der Waals surface area contributed by atoms with Crippen LogP contribution in [0.3, 0.4) is 0 Å². The van der Waals surface area contributed by atoms with Gasteiger partial charge in [-0.25, -0.2) is 4.79 Å². The Morgan fingerprint density at radius 1 is 1.30 bits per heavy atom. The van der Waals surface area contributed by atoms with E-state index >= 15 is 0 Å². The van der Waals surface area contributed by atoms with E-state index in [2.05, 4.69) is 5.32 Å². The summed E-state index contributed by atoms with van der Waals surface area (Å²) in [4.78, 5) is 21.1. The summed E-state index contributed by atoms with van der Waals surface area (Å²) in [6.07, 6.45) is 0. The van der Waals surface area contributed by atoms with Gasteiger partial charge in [0.15, 0.2) is 0 Å². The summed E-state index contributed by atoms with van der Waals surface area (Å²) < 4.78 is 0. The van der Waals surface area contributed by atoms with Crippen molar-refractivity contribution in [3.05, 3.63) is 0 Å². The molecule has 1 fully saturated rings. The Labute approximate surface area is 66.9 Å². The highest BCUT2D eigenvalue weighted by atomic mass is 35.5. The Morgan fingerprint density at radius 2 is 1.90 bits per heavy atom. The minimum absolute atomic E-state index is 0.564. The van der Waals surface area contributed by atoms with Crippen molar-refractivity contribution in [1.29, 1.82) is 0 Å². The van der Waals surface area contributed by atoms with E-state index in [0.29, 0.717) is 0 Å². The van der Waals surface area contributed by atoms with Gasteiger partial charge >= 0.3 is 6.03 Å². The number of carbonyl (C=O) groups excluding carboxylic acids is 2. The largest absolute Gasteiger partial charge is 0.322 e. The molecule has 1 saturated heterocycles. The van der Waals surface area contributed by atoms with Crippen LogP contribution < -0.4 is 10.6 Å². The molecule has 0 spiro atoms. The molecule has 1 rings (SSSR count). The number of amides is 3. The number of urea groups is 1. The Hall–Kier alpha value is -0.480. The van der Waals surface area contributed by atoms with E-state index in [0.717, 1.165) is 0 Å². The van der Waals surface area contributed by atoms with E-state index in [1.54, 1.807) is 0 Å². The van der Waals surface area contributed by atoms with Crippen molar-refractivity contribution < 1.29 is 9.59 Å². The van der Waals surface area contributed by atoms with Crippen LogP contribution in [0.2, 0.25) is 0 Å². The Balaban J connectivity index is 2.66. The molecular formula is C4H4Cl2N2O2. The molecule has 0 aliphatic carbocycles. The van der Waals surface area contributed by atoms with Gasteiger partial charge in [-0.1, -0.05) is 11.6 Å². The minimum Gasteiger partial charge on any atom is -0.320 e. The average Bonchev–Trinajstić information content (AvgIpc) is 1.82. The molecule has 3 amide bonds. The molecule has 0 aromatic rings. The predicted molar refractivity (Wildman–Crippen MR) is 36.0 cm³/mol. The zero-order valence-electron chi connectivity index (χ0n) is 4.73. The van der Waals surface area contributed by atoms with Crippen molar-refractivity contribution in [2.24, 2.45) is 0 Å². The van der Waals surface area contributed by atoms with Crippen LogP contribution in [-0.2, 0) is 4.79 Å². The first kappa shape index (κ1) is 7.63. The van der Waals surface area contributed by atoms with Crippen molar-refractivity contribution >= 4 is 35.1 Å². The zero-order chi connectivity index (χ0) is 7.72. The number of nitrogens with one attached hydrogen (secondary N) is 2. The number of hydrogen-bond donors (Lipinski definition) is 2. The normalized spacial score (nSPS) is 33.0. The SMILES string of the molecule is O=C1NC(=O)C(Cl)C(Cl)N1. The van der Waals surface area contributed by atoms with Crippen molar-refractivity contribution in [3.63, 3.8) is 0 Å². The molecule has 0 aromatic carbocycles. The van der Waals surface area contributed by atoms with E-state index in [9.17, 15) is 9.59 Å². The van der Waals surface area contributed by atoms with E-state index < -0.39 is 22.8 Å². The van der Waals surface area contributed by atoms with Crippen molar-refractivity contribution in [2.75, 3.05) is 0 Å². The fourth-order valence-corrected chi connectivity index (χ4v) is 0.879. The van der Waals surface area contributed by atoms with Gasteiger partial charge in [0.05, 0.1) is 0 Å². The summed E-state index contributed by atoms with van der Waals surface area (Å²) in [5.41, 5.74) is -0.817. The van der Waals surface area contributed by atoms with Gasteiger partial charge in [-0.2, -0.15) is 0 Å². The Kier molecular flexibility index (Phi) is 2.01. The first-order chi connectivity index (χ1) is 4.61. The second kappa shape index (κ2) is 2.64. The summed E-state index contributed by atoms with van der Waals surface area (Å²) in [7, 11) is 0. The summed E-state index contributed by atoms with van der Waals surface area (Å²) in [6.45, 7) is 0. The molecular weight excluding hydrogens is 179 g/mol. The lowest BCUT2D eigenvalue weighted by Crippen LogP contribution is -2.56. The lowest BCUT2D eigenvalue weighted by molar-refractivity contribution is -0.120. The van der Waals surface area contributed by atoms with Gasteiger partial charge in [0.2, 0.25) is 5.91 Å². The van der Waals surface area contributed by atoms with Crippen LogP contribution in [0, 0.1) is 0 Å². The van der Waals surface area contributed by atoms with Crippen molar-refractivity contribution in [2.45, 2.75) is 10.9 Å². The summed E-state index contributed by atoms with van der Waals surface area (Å²) >= 11 is 10.9. The maximum absolute atomic E-state index is 10.6. The van der Waals surface area contributed by atoms with Crippen LogP contribution in [0.25, 0.3) is 0 Å². The van der Waals surface area contributed by atoms with E-state index in [1.807, 2.05) is 5.32 Å². The van der Waals surface area contributed by atoms with E-state index in [1.165, 1.54) is 0 Å². The maximum atomic E-state index is 10.6. The van der Waals surface area contributed by atoms with Crippen LogP contribution >= 0.6 is 23.2 Å². The van der Waals surface area contributed by atoms with Gasteiger partial charge < -0.3 is 5.32 Å². The third kappa shape index (κ3) is 1.33. The molecule has 1 heterocycles. The first-order valence-electron chi connectivity index (χ1n) is 2.51. The number of alkyl halides is 2. The topological polar surface area (TPSA) is 58.2 Å². The molecule has 0 aromatic heterocycles. The van der Waals surface area contributed by atoms with E-state index in [4.69, 9.17) is 23.2 Å². The van der Waals surface area contributed by atoms with Gasteiger partial charge in [0, 0.05) is 0 Å². The van der Waals surface area contributed by atoms with Crippen LogP contribution in [0.5, 0.6) is 0 Å². The molecule has 6 heteroatoms. The highest BCUT2D eigenvalue weighted by Gasteiger charge is 2.31. The van der Waals surface area contributed by atoms with Crippen LogP contribution in [-0.4, -0.2) is 22.8 Å². The second-order valence-electron chi connectivity index (χ2n) is 1.77. The van der Waals surface area contributed by atoms with Gasteiger partial charge in [-0.3, -0.25) is 10.1 Å². The number of imide groups is 1. The highest BCUT2D eigenvalue weighted by molar-refractivity contribution is 6.39. The highest BCUT2D eigenvalue weighted by Crippen LogP contribution is 2.10. The first-order valence-corrected chi connectivity index (χ1v) is 3.38. The lowest BCUT2D eigenvalue weighted by Gasteiger charge is -2.21. The molecule has 1 aliphatic heterocycles. The number of rotatable bonds is 0. The fourth-order valence-electron chi connectivity index (χ4n) is 0.548. The molecule has 2 N–H and O–H groups in total. The molecule has 10 heavy (non-hydrogen) atoms. The van der Waals surface area contributed by atoms with Gasteiger partial charge in [-0.05, 0) is 0 Å². The lowest BCUT2D eigenvalue weighted by atomic mass is 10.3. The second-order valence-corrected chi connectivity index (χ2v) is 2.71. The summed E-state index contributed by atoms with van der Waals surface area (Å²) in [5, 5.41) is 3.29. The number of hydrogen-bond acceptors (Lipinski definition) is 2. The standard InChI is InChI=1S/C4H4Cl2N2O2/c5-1-2(6)7-4(10)8-3(1)9/h1-2H,(H2,7,8,9,10). The van der Waals surface area contributed by atoms with Crippen LogP contribution in [0.4, 0.5) is 4.79 Å². The quantitative estimate of drug-likeness (QED) is 0.410. The number of halogens is 2. The van der Waals surface area contributed by atoms with Crippen LogP contribution in [0.1, 0.15) is 0 Å². The van der Waals surface area contributed by atoms with Gasteiger partial charge in [-0.15, -0.1) is 11.6 Å². The maximum Gasteiger partial charge on any atom is 0.322 e. The van der Waals surface area contributed by atoms with Crippen molar-refractivity contribution in [1.82, 2.24) is 10.6 Å². The molecule has 4 nitrogen and oxygen atoms in total. The van der Waals surface area contributed by atoms with Crippen molar-refractivity contribution in [3.8, 4) is 0 Å². The molecule has 2 atom stereocenters. The third-order valence-corrected chi connectivity index (χ3v) is 1.95. The smallest absolute Gasteiger partial charge is 0.320 e. The molecule has 0 radical (unpaired) electrons. The minimum atomic E-state index is -0.889. The summed E-state index contributed by atoms with van der Waals surface area (Å²) in [6, 6.07) is -0.609. The Bertz CT molecular complexity index is 184. The third-order valence-electron chi connectivity index (χ3n) is 1.01. The summed E-state index contributed by atoms with van der Waals surface area (Å²) in [5.74, 6) is -0.564. The van der Waals surface area contributed by atoms with E-state index in [-0.39, 0.29) is 0 Å². The molecule has 2 unspecified atom stereocenters. The number of carbonyl (C=O) groups is 2. The monoisotopic (exact) mass is 182 g/mol. The molecule has 56 valence electrons.